The highest BCUT2D eigenvalue weighted by Crippen LogP contribution is 2.54. The molecule has 1 aromatic carbocycles. The van der Waals surface area contributed by atoms with Gasteiger partial charge < -0.3 is 9.84 Å². The van der Waals surface area contributed by atoms with Gasteiger partial charge in [0, 0.05) is 24.1 Å². The lowest BCUT2D eigenvalue weighted by atomic mass is 9.78. The predicted octanol–water partition coefficient (Wildman–Crippen LogP) is 2.42. The Morgan fingerprint density at radius 3 is 2.96 bits per heavy atom. The van der Waals surface area contributed by atoms with Gasteiger partial charge in [-0.05, 0) is 25.5 Å². The molecule has 1 aliphatic carbocycles. The maximum Gasteiger partial charge on any atom is 0.338 e. The van der Waals surface area contributed by atoms with E-state index in [1.54, 1.807) is 12.1 Å². The van der Waals surface area contributed by atoms with Crippen LogP contribution in [0.15, 0.2) is 47.6 Å². The van der Waals surface area contributed by atoms with Crippen molar-refractivity contribution in [1.29, 1.82) is 0 Å². The van der Waals surface area contributed by atoms with Gasteiger partial charge in [-0.1, -0.05) is 30.7 Å². The summed E-state index contributed by atoms with van der Waals surface area (Å²) in [5.41, 5.74) is 0.0371. The number of ether oxygens (including phenoxy) is 1. The van der Waals surface area contributed by atoms with Crippen LogP contribution in [0.2, 0.25) is 0 Å². The lowest BCUT2D eigenvalue weighted by Crippen LogP contribution is -2.48. The van der Waals surface area contributed by atoms with Crippen LogP contribution < -0.4 is 0 Å². The summed E-state index contributed by atoms with van der Waals surface area (Å²) in [6.45, 7) is 0.980. The molecule has 2 bridgehead atoms. The highest BCUT2D eigenvalue weighted by Gasteiger charge is 2.62. The van der Waals surface area contributed by atoms with E-state index in [1.165, 1.54) is 12.1 Å². The Morgan fingerprint density at radius 1 is 1.33 bits per heavy atom. The summed E-state index contributed by atoms with van der Waals surface area (Å²) in [5.74, 6) is -0.562. The van der Waals surface area contributed by atoms with Gasteiger partial charge in [0.1, 0.15) is 6.10 Å². The molecule has 140 valence electrons. The molecule has 0 saturated carbocycles. The second-order valence-corrected chi connectivity index (χ2v) is 7.70. The number of benzene rings is 1. The minimum Gasteiger partial charge on any atom is -0.449 e. The van der Waals surface area contributed by atoms with Gasteiger partial charge in [-0.3, -0.25) is 15.0 Å². The van der Waals surface area contributed by atoms with E-state index in [0.29, 0.717) is 12.0 Å². The average Bonchev–Trinajstić information content (AvgIpc) is 3.12. The normalized spacial score (nSPS) is 32.9. The number of aliphatic hydroxyl groups excluding tert-OH is 1. The summed E-state index contributed by atoms with van der Waals surface area (Å²) in [4.78, 5) is 26.1. The van der Waals surface area contributed by atoms with Crippen molar-refractivity contribution in [2.45, 2.75) is 49.5 Å². The van der Waals surface area contributed by atoms with E-state index < -0.39 is 22.6 Å². The minimum absolute atomic E-state index is 0.112. The number of hydrogen-bond donors (Lipinski definition) is 1. The molecule has 7 nitrogen and oxygen atoms in total. The summed E-state index contributed by atoms with van der Waals surface area (Å²) in [7, 11) is 0. The third kappa shape index (κ3) is 2.18. The van der Waals surface area contributed by atoms with Gasteiger partial charge in [0.05, 0.1) is 22.1 Å². The summed E-state index contributed by atoms with van der Waals surface area (Å²) in [5, 5.41) is 22.3. The number of fused-ring (bicyclic) bond motifs is 3. The van der Waals surface area contributed by atoms with Gasteiger partial charge in [-0.15, -0.1) is 0 Å². The van der Waals surface area contributed by atoms with Gasteiger partial charge in [-0.25, -0.2) is 4.79 Å². The predicted molar refractivity (Wildman–Crippen MR) is 95.8 cm³/mol. The highest BCUT2D eigenvalue weighted by atomic mass is 16.6. The van der Waals surface area contributed by atoms with E-state index in [0.717, 1.165) is 25.8 Å². The Hall–Kier alpha value is -2.51. The number of nitro groups is 1. The first-order valence-electron chi connectivity index (χ1n) is 9.36. The molecular formula is C20H20N2O5. The first-order chi connectivity index (χ1) is 13.0. The van der Waals surface area contributed by atoms with E-state index in [4.69, 9.17) is 4.74 Å². The SMILES string of the molecule is O=C1O[C@@]23C[C@@H](C=CC2=C1[C@@H](O)c1ccccc1[N+](=O)[O-])N1CCCC[C@@H]13. The Morgan fingerprint density at radius 2 is 2.15 bits per heavy atom. The maximum absolute atomic E-state index is 12.8. The molecule has 0 radical (unpaired) electrons. The summed E-state index contributed by atoms with van der Waals surface area (Å²) < 4.78 is 5.93. The van der Waals surface area contributed by atoms with E-state index in [1.807, 2.05) is 6.08 Å². The summed E-state index contributed by atoms with van der Waals surface area (Å²) in [6.07, 6.45) is 6.45. The topological polar surface area (TPSA) is 92.9 Å². The molecule has 3 aliphatic heterocycles. The molecule has 4 atom stereocenters. The van der Waals surface area contributed by atoms with Gasteiger partial charge in [0.15, 0.2) is 5.60 Å². The lowest BCUT2D eigenvalue weighted by molar-refractivity contribution is -0.386. The van der Waals surface area contributed by atoms with Crippen molar-refractivity contribution in [3.05, 3.63) is 63.2 Å². The molecule has 2 fully saturated rings. The molecular weight excluding hydrogens is 348 g/mol. The smallest absolute Gasteiger partial charge is 0.338 e. The van der Waals surface area contributed by atoms with Crippen LogP contribution in [-0.4, -0.2) is 45.1 Å². The zero-order valence-corrected chi connectivity index (χ0v) is 14.7. The van der Waals surface area contributed by atoms with Crippen molar-refractivity contribution in [3.8, 4) is 0 Å². The summed E-state index contributed by atoms with van der Waals surface area (Å²) >= 11 is 0. The van der Waals surface area contributed by atoms with Gasteiger partial charge in [0.2, 0.25) is 0 Å². The number of nitro benzene ring substituents is 1. The van der Waals surface area contributed by atoms with Crippen molar-refractivity contribution in [2.75, 3.05) is 6.54 Å². The third-order valence-corrected chi connectivity index (χ3v) is 6.45. The van der Waals surface area contributed by atoms with Crippen LogP contribution in [-0.2, 0) is 9.53 Å². The van der Waals surface area contributed by atoms with E-state index in [2.05, 4.69) is 11.0 Å². The summed E-state index contributed by atoms with van der Waals surface area (Å²) in [6, 6.07) is 6.35. The molecule has 4 aliphatic rings. The fourth-order valence-corrected chi connectivity index (χ4v) is 5.34. The van der Waals surface area contributed by atoms with Crippen molar-refractivity contribution >= 4 is 11.7 Å². The van der Waals surface area contributed by atoms with Crippen LogP contribution in [0.25, 0.3) is 0 Å². The van der Waals surface area contributed by atoms with Crippen molar-refractivity contribution in [2.24, 2.45) is 0 Å². The molecule has 1 spiro atoms. The number of carbonyl (C=O) groups excluding carboxylic acids is 1. The van der Waals surface area contributed by atoms with Crippen LogP contribution in [0.5, 0.6) is 0 Å². The lowest BCUT2D eigenvalue weighted by Gasteiger charge is -2.37. The molecule has 3 heterocycles. The Balaban J connectivity index is 1.63. The first-order valence-corrected chi connectivity index (χ1v) is 9.36. The maximum atomic E-state index is 12.8. The molecule has 0 aromatic heterocycles. The first kappa shape index (κ1) is 16.6. The highest BCUT2D eigenvalue weighted by molar-refractivity contribution is 5.96. The number of aliphatic hydroxyl groups is 1. The number of carbonyl (C=O) groups is 1. The Kier molecular flexibility index (Phi) is 3.54. The van der Waals surface area contributed by atoms with E-state index in [-0.39, 0.29) is 28.9 Å². The number of piperidine rings is 1. The largest absolute Gasteiger partial charge is 0.449 e. The number of nitrogens with zero attached hydrogens (tertiary/aromatic N) is 2. The van der Waals surface area contributed by atoms with Crippen LogP contribution in [0.3, 0.4) is 0 Å². The Bertz CT molecular complexity index is 907. The second-order valence-electron chi connectivity index (χ2n) is 7.70. The monoisotopic (exact) mass is 368 g/mol. The van der Waals surface area contributed by atoms with Crippen LogP contribution in [0.4, 0.5) is 5.69 Å². The van der Waals surface area contributed by atoms with Crippen molar-refractivity contribution < 1.29 is 19.6 Å². The van der Waals surface area contributed by atoms with Crippen LogP contribution in [0.1, 0.15) is 37.4 Å². The third-order valence-electron chi connectivity index (χ3n) is 6.45. The molecule has 5 rings (SSSR count). The standard InChI is InChI=1S/C20H20N2O5/c23-18(13-5-1-2-6-15(13)22(25)26)17-14-9-8-12-11-20(14,27-19(17)24)16-7-3-4-10-21(12)16/h1-2,5-6,8-9,12,16,18,23H,3-4,7,10-11H2/t12-,16-,18+,20+/m1/s1. The molecule has 1 aromatic rings. The zero-order chi connectivity index (χ0) is 18.8. The zero-order valence-electron chi connectivity index (χ0n) is 14.7. The van der Waals surface area contributed by atoms with Crippen molar-refractivity contribution in [3.63, 3.8) is 0 Å². The van der Waals surface area contributed by atoms with Crippen LogP contribution >= 0.6 is 0 Å². The molecule has 7 heteroatoms. The van der Waals surface area contributed by atoms with E-state index in [9.17, 15) is 20.0 Å². The minimum atomic E-state index is -1.38. The molecule has 0 amide bonds. The molecule has 0 unspecified atom stereocenters. The quantitative estimate of drug-likeness (QED) is 0.500. The van der Waals surface area contributed by atoms with Gasteiger partial charge in [-0.2, -0.15) is 0 Å². The molecule has 2 saturated heterocycles. The molecule has 1 N–H and O–H groups in total. The number of rotatable bonds is 3. The fourth-order valence-electron chi connectivity index (χ4n) is 5.34. The Labute approximate surface area is 156 Å². The average molecular weight is 368 g/mol. The van der Waals surface area contributed by atoms with Gasteiger partial charge >= 0.3 is 5.97 Å². The van der Waals surface area contributed by atoms with E-state index >= 15 is 0 Å². The van der Waals surface area contributed by atoms with Crippen molar-refractivity contribution in [1.82, 2.24) is 4.90 Å². The number of hydrogen-bond acceptors (Lipinski definition) is 6. The molecule has 27 heavy (non-hydrogen) atoms. The number of para-hydroxylation sites is 1. The number of esters is 1. The van der Waals surface area contributed by atoms with Gasteiger partial charge in [0.25, 0.3) is 5.69 Å². The van der Waals surface area contributed by atoms with Crippen LogP contribution in [0, 0.1) is 10.1 Å². The second kappa shape index (κ2) is 5.74. The fraction of sp³-hybridized carbons (Fsp3) is 0.450.